The minimum absolute atomic E-state index is 0.514. The van der Waals surface area contributed by atoms with Gasteiger partial charge in [-0.3, -0.25) is 0 Å². The Hall–Kier alpha value is -3.45. The summed E-state index contributed by atoms with van der Waals surface area (Å²) >= 11 is 1.75. The van der Waals surface area contributed by atoms with Gasteiger partial charge in [-0.25, -0.2) is 15.0 Å². The van der Waals surface area contributed by atoms with Gasteiger partial charge >= 0.3 is 0 Å². The molecule has 0 bridgehead atoms. The van der Waals surface area contributed by atoms with Gasteiger partial charge in [0.1, 0.15) is 17.8 Å². The number of aromatic nitrogens is 3. The molecular formula is C22H22N6S. The van der Waals surface area contributed by atoms with E-state index < -0.39 is 0 Å². The van der Waals surface area contributed by atoms with Crippen LogP contribution in [0.4, 0.5) is 23.1 Å². The normalized spacial score (nSPS) is 10.6. The minimum atomic E-state index is 0.514. The Labute approximate surface area is 174 Å². The first-order valence-corrected chi connectivity index (χ1v) is 10.3. The Morgan fingerprint density at radius 1 is 0.931 bits per heavy atom. The maximum atomic E-state index is 6.48. The van der Waals surface area contributed by atoms with Crippen molar-refractivity contribution in [2.45, 2.75) is 13.0 Å². The average Bonchev–Trinajstić information content (AvgIpc) is 3.28. The highest BCUT2D eigenvalue weighted by Gasteiger charge is 2.18. The fourth-order valence-corrected chi connectivity index (χ4v) is 3.75. The van der Waals surface area contributed by atoms with Gasteiger partial charge in [0.2, 0.25) is 0 Å². The molecule has 29 heavy (non-hydrogen) atoms. The van der Waals surface area contributed by atoms with Crippen molar-refractivity contribution in [2.75, 3.05) is 22.5 Å². The van der Waals surface area contributed by atoms with Crippen LogP contribution in [0, 0.1) is 0 Å². The van der Waals surface area contributed by atoms with E-state index in [9.17, 15) is 0 Å². The maximum Gasteiger partial charge on any atom is 0.163 e. The van der Waals surface area contributed by atoms with E-state index in [0.29, 0.717) is 23.9 Å². The number of benzene rings is 1. The third kappa shape index (κ3) is 4.70. The summed E-state index contributed by atoms with van der Waals surface area (Å²) in [6, 6.07) is 20.2. The Bertz CT molecular complexity index is 1020. The van der Waals surface area contributed by atoms with E-state index in [1.807, 2.05) is 41.3 Å². The number of hydrogen-bond acceptors (Lipinski definition) is 7. The molecule has 4 aromatic rings. The second kappa shape index (κ2) is 9.16. The lowest BCUT2D eigenvalue weighted by atomic mass is 10.2. The largest absolute Gasteiger partial charge is 0.393 e. The van der Waals surface area contributed by atoms with Crippen molar-refractivity contribution in [3.05, 3.63) is 89.0 Å². The van der Waals surface area contributed by atoms with Crippen LogP contribution >= 0.6 is 11.3 Å². The second-order valence-corrected chi connectivity index (χ2v) is 7.51. The molecule has 3 heterocycles. The van der Waals surface area contributed by atoms with Crippen molar-refractivity contribution >= 4 is 34.5 Å². The fourth-order valence-electron chi connectivity index (χ4n) is 3.04. The molecule has 0 amide bonds. The topological polar surface area (TPSA) is 80.0 Å². The van der Waals surface area contributed by atoms with Crippen LogP contribution in [0.25, 0.3) is 0 Å². The number of anilines is 4. The molecular weight excluding hydrogens is 380 g/mol. The predicted molar refractivity (Wildman–Crippen MR) is 119 cm³/mol. The summed E-state index contributed by atoms with van der Waals surface area (Å²) in [5.74, 6) is 2.06. The number of nitrogen functional groups attached to an aromatic ring is 1. The van der Waals surface area contributed by atoms with Gasteiger partial charge in [0.05, 0.1) is 6.54 Å². The lowest BCUT2D eigenvalue weighted by molar-refractivity contribution is 0.915. The van der Waals surface area contributed by atoms with Crippen molar-refractivity contribution in [1.29, 1.82) is 0 Å². The predicted octanol–water partition coefficient (Wildman–Crippen LogP) is 4.51. The summed E-state index contributed by atoms with van der Waals surface area (Å²) < 4.78 is 0. The van der Waals surface area contributed by atoms with Crippen LogP contribution < -0.4 is 16.0 Å². The second-order valence-electron chi connectivity index (χ2n) is 6.48. The van der Waals surface area contributed by atoms with Crippen LogP contribution in [0.2, 0.25) is 0 Å². The molecule has 0 saturated heterocycles. The summed E-state index contributed by atoms with van der Waals surface area (Å²) in [6.45, 7) is 1.36. The highest BCUT2D eigenvalue weighted by atomic mass is 32.1. The maximum absolute atomic E-state index is 6.48. The zero-order valence-electron chi connectivity index (χ0n) is 15.9. The molecule has 0 atom stereocenters. The van der Waals surface area contributed by atoms with Crippen LogP contribution in [0.3, 0.4) is 0 Å². The molecule has 0 aliphatic heterocycles. The molecule has 0 unspecified atom stereocenters. The molecule has 0 aliphatic rings. The first kappa shape index (κ1) is 18.9. The fraction of sp³-hybridized carbons (Fsp3) is 0.136. The first-order chi connectivity index (χ1) is 14.3. The lowest BCUT2D eigenvalue weighted by Gasteiger charge is -2.24. The molecule has 0 spiro atoms. The molecule has 3 N–H and O–H groups in total. The van der Waals surface area contributed by atoms with Crippen LogP contribution in [-0.2, 0) is 13.0 Å². The molecule has 0 radical (unpaired) electrons. The summed E-state index contributed by atoms with van der Waals surface area (Å²) in [6.07, 6.45) is 4.23. The average molecular weight is 403 g/mol. The molecule has 0 saturated carbocycles. The van der Waals surface area contributed by atoms with Crippen molar-refractivity contribution < 1.29 is 0 Å². The van der Waals surface area contributed by atoms with E-state index in [1.165, 1.54) is 4.88 Å². The Morgan fingerprint density at radius 2 is 1.79 bits per heavy atom. The van der Waals surface area contributed by atoms with E-state index in [2.05, 4.69) is 49.9 Å². The van der Waals surface area contributed by atoms with Gasteiger partial charge < -0.3 is 16.0 Å². The number of thiophene rings is 1. The van der Waals surface area contributed by atoms with Crippen molar-refractivity contribution in [2.24, 2.45) is 0 Å². The van der Waals surface area contributed by atoms with Gasteiger partial charge in [-0.1, -0.05) is 42.5 Å². The van der Waals surface area contributed by atoms with Crippen LogP contribution in [0.1, 0.15) is 10.4 Å². The monoisotopic (exact) mass is 402 g/mol. The number of nitrogens with two attached hydrogens (primary N) is 1. The van der Waals surface area contributed by atoms with Crippen molar-refractivity contribution in [3.8, 4) is 0 Å². The van der Waals surface area contributed by atoms with Crippen molar-refractivity contribution in [3.63, 3.8) is 0 Å². The van der Waals surface area contributed by atoms with Gasteiger partial charge in [-0.2, -0.15) is 0 Å². The number of hydrogen-bond donors (Lipinski definition) is 2. The zero-order chi connectivity index (χ0) is 19.9. The third-order valence-corrected chi connectivity index (χ3v) is 5.41. The summed E-state index contributed by atoms with van der Waals surface area (Å²) in [7, 11) is 0. The molecule has 0 fully saturated rings. The molecule has 7 heteroatoms. The minimum Gasteiger partial charge on any atom is -0.393 e. The quantitative estimate of drug-likeness (QED) is 0.451. The van der Waals surface area contributed by atoms with E-state index in [4.69, 9.17) is 5.73 Å². The van der Waals surface area contributed by atoms with Crippen molar-refractivity contribution in [1.82, 2.24) is 15.0 Å². The van der Waals surface area contributed by atoms with Crippen LogP contribution in [0.15, 0.2) is 78.6 Å². The molecule has 1 aromatic carbocycles. The summed E-state index contributed by atoms with van der Waals surface area (Å²) in [4.78, 5) is 16.7. The Kier molecular flexibility index (Phi) is 5.97. The molecule has 6 nitrogen and oxygen atoms in total. The SMILES string of the molecule is Nc1c(NCCc2cccs2)ncnc1N(Cc1ccccc1)c1ccccn1. The van der Waals surface area contributed by atoms with Crippen LogP contribution in [0.5, 0.6) is 0 Å². The summed E-state index contributed by atoms with van der Waals surface area (Å²) in [5, 5.41) is 5.43. The third-order valence-electron chi connectivity index (χ3n) is 4.47. The van der Waals surface area contributed by atoms with E-state index >= 15 is 0 Å². The van der Waals surface area contributed by atoms with Gasteiger partial charge in [0.15, 0.2) is 11.6 Å². The number of pyridine rings is 1. The van der Waals surface area contributed by atoms with E-state index in [-0.39, 0.29) is 0 Å². The van der Waals surface area contributed by atoms with Gasteiger partial charge in [0, 0.05) is 17.6 Å². The van der Waals surface area contributed by atoms with Gasteiger partial charge in [-0.15, -0.1) is 11.3 Å². The molecule has 146 valence electrons. The standard InChI is InChI=1S/C22H22N6S/c23-20-21(25-13-11-18-9-6-14-29-18)26-16-27-22(20)28(19-10-4-5-12-24-19)15-17-7-2-1-3-8-17/h1-10,12,14,16H,11,13,15,23H2,(H,25,26,27). The van der Waals surface area contributed by atoms with E-state index in [1.54, 1.807) is 23.9 Å². The molecule has 4 rings (SSSR count). The number of rotatable bonds is 8. The molecule has 0 aliphatic carbocycles. The Morgan fingerprint density at radius 3 is 2.55 bits per heavy atom. The van der Waals surface area contributed by atoms with Crippen LogP contribution in [-0.4, -0.2) is 21.5 Å². The molecule has 3 aromatic heterocycles. The number of nitrogens with zero attached hydrogens (tertiary/aromatic N) is 4. The zero-order valence-corrected chi connectivity index (χ0v) is 16.7. The summed E-state index contributed by atoms with van der Waals surface area (Å²) in [5.41, 5.74) is 8.14. The lowest BCUT2D eigenvalue weighted by Crippen LogP contribution is -2.21. The first-order valence-electron chi connectivity index (χ1n) is 9.40. The highest BCUT2D eigenvalue weighted by molar-refractivity contribution is 7.09. The Balaban J connectivity index is 1.60. The van der Waals surface area contributed by atoms with E-state index in [0.717, 1.165) is 24.3 Å². The highest BCUT2D eigenvalue weighted by Crippen LogP contribution is 2.32. The smallest absolute Gasteiger partial charge is 0.163 e. The van der Waals surface area contributed by atoms with Gasteiger partial charge in [-0.05, 0) is 35.6 Å². The van der Waals surface area contributed by atoms with Gasteiger partial charge in [0.25, 0.3) is 0 Å². The number of nitrogens with one attached hydrogen (secondary N) is 1.